The molecule has 0 saturated carbocycles. The predicted molar refractivity (Wildman–Crippen MR) is 105 cm³/mol. The van der Waals surface area contributed by atoms with Crippen molar-refractivity contribution >= 4 is 39.1 Å². The molecule has 2 heterocycles. The maximum Gasteiger partial charge on any atom is 0.249 e. The fraction of sp³-hybridized carbons (Fsp3) is 0.278. The highest BCUT2D eigenvalue weighted by atomic mass is 79.9. The number of carbonyl (C=O) groups excluding carboxylic acids is 1. The number of halogens is 3. The Morgan fingerprint density at radius 1 is 1.41 bits per heavy atom. The van der Waals surface area contributed by atoms with E-state index in [0.717, 1.165) is 21.4 Å². The van der Waals surface area contributed by atoms with Gasteiger partial charge in [0.2, 0.25) is 5.91 Å². The van der Waals surface area contributed by atoms with Crippen molar-refractivity contribution in [2.45, 2.75) is 33.4 Å². The van der Waals surface area contributed by atoms with Crippen molar-refractivity contribution in [3.63, 3.8) is 0 Å². The third-order valence-corrected chi connectivity index (χ3v) is 5.73. The summed E-state index contributed by atoms with van der Waals surface area (Å²) in [5.74, 6) is -0.589. The first-order valence-corrected chi connectivity index (χ1v) is 9.42. The quantitative estimate of drug-likeness (QED) is 0.617. The lowest BCUT2D eigenvalue weighted by Crippen LogP contribution is -2.25. The van der Waals surface area contributed by atoms with E-state index in [0.29, 0.717) is 17.3 Å². The maximum absolute atomic E-state index is 13.1. The van der Waals surface area contributed by atoms with Crippen LogP contribution in [0.15, 0.2) is 35.1 Å². The van der Waals surface area contributed by atoms with Gasteiger partial charge in [0.05, 0.1) is 34.3 Å². The summed E-state index contributed by atoms with van der Waals surface area (Å²) in [6.45, 7) is 5.93. The van der Waals surface area contributed by atoms with Crippen LogP contribution in [-0.2, 0) is 11.3 Å². The largest absolute Gasteiger partial charge is 0.322 e. The smallest absolute Gasteiger partial charge is 0.249 e. The molecule has 0 bridgehead atoms. The van der Waals surface area contributed by atoms with Crippen LogP contribution in [-0.4, -0.2) is 25.5 Å². The van der Waals surface area contributed by atoms with Gasteiger partial charge in [0, 0.05) is 11.2 Å². The van der Waals surface area contributed by atoms with E-state index in [1.807, 2.05) is 13.8 Å². The second-order valence-electron chi connectivity index (χ2n) is 6.26. The van der Waals surface area contributed by atoms with Gasteiger partial charge < -0.3 is 5.32 Å². The lowest BCUT2D eigenvalue weighted by atomic mass is 10.2. The topological polar surface area (TPSA) is 64.7 Å². The molecular weight excluding hydrogens is 437 g/mol. The first-order chi connectivity index (χ1) is 12.8. The predicted octanol–water partition coefficient (Wildman–Crippen LogP) is 4.50. The molecule has 0 radical (unpaired) electrons. The van der Waals surface area contributed by atoms with E-state index in [9.17, 15) is 9.18 Å². The van der Waals surface area contributed by atoms with Gasteiger partial charge in [-0.05, 0) is 54.4 Å². The molecule has 1 amide bonds. The van der Waals surface area contributed by atoms with Gasteiger partial charge in [-0.3, -0.25) is 14.2 Å². The van der Waals surface area contributed by atoms with Gasteiger partial charge in [0.25, 0.3) is 0 Å². The zero-order valence-corrected chi connectivity index (χ0v) is 17.3. The van der Waals surface area contributed by atoms with Crippen molar-refractivity contribution in [1.29, 1.82) is 0 Å². The highest BCUT2D eigenvalue weighted by Gasteiger charge is 2.20. The molecule has 0 aliphatic carbocycles. The van der Waals surface area contributed by atoms with Crippen molar-refractivity contribution in [3.05, 3.63) is 62.9 Å². The highest BCUT2D eigenvalue weighted by molar-refractivity contribution is 9.10. The number of hydrogen-bond acceptors (Lipinski definition) is 3. The summed E-state index contributed by atoms with van der Waals surface area (Å²) in [6.07, 6.45) is 3.25. The average Bonchev–Trinajstić information content (AvgIpc) is 3.16. The summed E-state index contributed by atoms with van der Waals surface area (Å²) in [6, 6.07) is 3.74. The number of rotatable bonds is 5. The fourth-order valence-corrected chi connectivity index (χ4v) is 3.20. The average molecular weight is 455 g/mol. The van der Waals surface area contributed by atoms with E-state index < -0.39 is 6.04 Å². The molecule has 1 unspecified atom stereocenters. The number of aromatic nitrogens is 4. The molecule has 1 atom stereocenters. The van der Waals surface area contributed by atoms with Crippen LogP contribution < -0.4 is 5.32 Å². The van der Waals surface area contributed by atoms with Crippen molar-refractivity contribution < 1.29 is 9.18 Å². The third kappa shape index (κ3) is 4.22. The molecule has 0 fully saturated rings. The molecule has 9 heteroatoms. The number of nitrogens with one attached hydrogen (secondary N) is 1. The molecule has 0 spiro atoms. The summed E-state index contributed by atoms with van der Waals surface area (Å²) in [7, 11) is 0. The number of amides is 1. The highest BCUT2D eigenvalue weighted by Crippen LogP contribution is 2.23. The molecular formula is C18H18BrClFN5O. The van der Waals surface area contributed by atoms with Gasteiger partial charge in [0.15, 0.2) is 0 Å². The Hall–Kier alpha value is -2.19. The molecule has 2 aromatic heterocycles. The SMILES string of the molecule is Cc1nn(C(C)C(=O)Nc2cnn(Cc3ccc(F)cc3Cl)c2)c(C)c1Br. The van der Waals surface area contributed by atoms with Crippen molar-refractivity contribution in [2.24, 2.45) is 0 Å². The molecule has 6 nitrogen and oxygen atoms in total. The zero-order valence-electron chi connectivity index (χ0n) is 15.0. The Balaban J connectivity index is 1.69. The van der Waals surface area contributed by atoms with Gasteiger partial charge in [-0.2, -0.15) is 10.2 Å². The first-order valence-electron chi connectivity index (χ1n) is 8.24. The van der Waals surface area contributed by atoms with E-state index >= 15 is 0 Å². The van der Waals surface area contributed by atoms with Crippen LogP contribution >= 0.6 is 27.5 Å². The number of carbonyl (C=O) groups is 1. The number of anilines is 1. The second kappa shape index (κ2) is 7.82. The van der Waals surface area contributed by atoms with Crippen LogP contribution in [0.5, 0.6) is 0 Å². The van der Waals surface area contributed by atoms with Gasteiger partial charge in [-0.15, -0.1) is 0 Å². The van der Waals surface area contributed by atoms with Crippen LogP contribution in [0.3, 0.4) is 0 Å². The van der Waals surface area contributed by atoms with E-state index in [2.05, 4.69) is 31.4 Å². The number of benzene rings is 1. The molecule has 3 aromatic rings. The normalized spacial score (nSPS) is 12.2. The summed E-state index contributed by atoms with van der Waals surface area (Å²) in [4.78, 5) is 12.6. The van der Waals surface area contributed by atoms with Crippen LogP contribution in [0.2, 0.25) is 5.02 Å². The Labute approximate surface area is 169 Å². The van der Waals surface area contributed by atoms with Crippen LogP contribution in [0, 0.1) is 19.7 Å². The van der Waals surface area contributed by atoms with Crippen molar-refractivity contribution in [1.82, 2.24) is 19.6 Å². The molecule has 0 aliphatic heterocycles. The minimum absolute atomic E-state index is 0.201. The fourth-order valence-electron chi connectivity index (χ4n) is 2.72. The third-order valence-electron chi connectivity index (χ3n) is 4.23. The van der Waals surface area contributed by atoms with Crippen LogP contribution in [0.1, 0.15) is 29.9 Å². The standard InChI is InChI=1S/C18H18BrClFN5O/c1-10-17(19)11(2)26(24-10)12(3)18(27)23-15-7-22-25(9-15)8-13-4-5-14(21)6-16(13)20/h4-7,9,12H,8H2,1-3H3,(H,23,27). The molecule has 0 aliphatic rings. The van der Waals surface area contributed by atoms with E-state index in [1.165, 1.54) is 12.1 Å². The Kier molecular flexibility index (Phi) is 5.67. The van der Waals surface area contributed by atoms with E-state index in [4.69, 9.17) is 11.6 Å². The summed E-state index contributed by atoms with van der Waals surface area (Å²) < 4.78 is 17.3. The second-order valence-corrected chi connectivity index (χ2v) is 7.46. The lowest BCUT2D eigenvalue weighted by Gasteiger charge is -2.13. The lowest BCUT2D eigenvalue weighted by molar-refractivity contribution is -0.119. The Bertz CT molecular complexity index is 1000. The first kappa shape index (κ1) is 19.6. The zero-order chi connectivity index (χ0) is 19.7. The minimum Gasteiger partial charge on any atom is -0.322 e. The molecule has 1 aromatic carbocycles. The monoisotopic (exact) mass is 453 g/mol. The summed E-state index contributed by atoms with van der Waals surface area (Å²) in [5, 5.41) is 11.8. The number of nitrogens with zero attached hydrogens (tertiary/aromatic N) is 4. The van der Waals surface area contributed by atoms with Crippen molar-refractivity contribution in [2.75, 3.05) is 5.32 Å². The number of aryl methyl sites for hydroxylation is 1. The summed E-state index contributed by atoms with van der Waals surface area (Å²) >= 11 is 9.51. The van der Waals surface area contributed by atoms with Crippen LogP contribution in [0.25, 0.3) is 0 Å². The minimum atomic E-state index is -0.482. The van der Waals surface area contributed by atoms with E-state index in [-0.39, 0.29) is 11.7 Å². The molecule has 0 saturated heterocycles. The van der Waals surface area contributed by atoms with Gasteiger partial charge >= 0.3 is 0 Å². The van der Waals surface area contributed by atoms with Gasteiger partial charge in [-0.1, -0.05) is 17.7 Å². The van der Waals surface area contributed by atoms with Gasteiger partial charge in [0.1, 0.15) is 11.9 Å². The molecule has 142 valence electrons. The maximum atomic E-state index is 13.1. The summed E-state index contributed by atoms with van der Waals surface area (Å²) in [5.41, 5.74) is 3.01. The Morgan fingerprint density at radius 2 is 2.15 bits per heavy atom. The van der Waals surface area contributed by atoms with Gasteiger partial charge in [-0.25, -0.2) is 4.39 Å². The Morgan fingerprint density at radius 3 is 2.78 bits per heavy atom. The molecule has 3 rings (SSSR count). The van der Waals surface area contributed by atoms with Crippen molar-refractivity contribution in [3.8, 4) is 0 Å². The number of hydrogen-bond donors (Lipinski definition) is 1. The molecule has 1 N–H and O–H groups in total. The van der Waals surface area contributed by atoms with Crippen LogP contribution in [0.4, 0.5) is 10.1 Å². The molecule has 27 heavy (non-hydrogen) atoms. The van der Waals surface area contributed by atoms with E-state index in [1.54, 1.807) is 34.7 Å².